The van der Waals surface area contributed by atoms with Crippen LogP contribution in [-0.2, 0) is 0 Å². The number of aliphatic hydroxyl groups is 2. The molecule has 5 atom stereocenters. The van der Waals surface area contributed by atoms with Crippen LogP contribution < -0.4 is 0 Å². The molecule has 2 fully saturated rings. The molecule has 0 aromatic heterocycles. The van der Waals surface area contributed by atoms with E-state index in [1.165, 1.54) is 16.7 Å². The molecule has 1 spiro atoms. The van der Waals surface area contributed by atoms with Gasteiger partial charge in [-0.25, -0.2) is 0 Å². The summed E-state index contributed by atoms with van der Waals surface area (Å²) < 4.78 is 0. The van der Waals surface area contributed by atoms with Gasteiger partial charge >= 0.3 is 0 Å². The fraction of sp³-hybridized carbons (Fsp3) is 0.700. The summed E-state index contributed by atoms with van der Waals surface area (Å²) in [7, 11) is 0. The van der Waals surface area contributed by atoms with Crippen LogP contribution in [0.4, 0.5) is 0 Å². The summed E-state index contributed by atoms with van der Waals surface area (Å²) >= 11 is 0. The van der Waals surface area contributed by atoms with Crippen LogP contribution in [0.3, 0.4) is 0 Å². The number of aliphatic hydroxyl groups excluding tert-OH is 1. The Labute approximate surface area is 133 Å². The van der Waals surface area contributed by atoms with Crippen LogP contribution >= 0.6 is 0 Å². The van der Waals surface area contributed by atoms with Crippen LogP contribution in [0.25, 0.3) is 0 Å². The standard InChI is InChI=1S/C20H28O2/c1-12-14-9-17(21)18(2,3)16(14)7-8-20-10-13(5-6-15(12)20)19(4,22)11-20/h7-8,13,15,17,21-22H,1,5-6,9-11H2,2-4H3/t13-,15+,17+,19-,20+/m1/s1. The van der Waals surface area contributed by atoms with Crippen molar-refractivity contribution in [3.05, 3.63) is 35.5 Å². The maximum absolute atomic E-state index is 10.8. The molecule has 4 rings (SSSR count). The summed E-state index contributed by atoms with van der Waals surface area (Å²) in [5.74, 6) is 0.857. The third kappa shape index (κ3) is 1.68. The number of hydrogen-bond acceptors (Lipinski definition) is 2. The highest BCUT2D eigenvalue weighted by Gasteiger charge is 2.58. The number of rotatable bonds is 0. The lowest BCUT2D eigenvalue weighted by Crippen LogP contribution is -2.31. The second-order valence-electron chi connectivity index (χ2n) is 8.99. The molecule has 2 saturated carbocycles. The molecule has 0 amide bonds. The highest BCUT2D eigenvalue weighted by molar-refractivity contribution is 5.52. The smallest absolute Gasteiger partial charge is 0.0672 e. The third-order valence-corrected chi connectivity index (χ3v) is 7.33. The van der Waals surface area contributed by atoms with Gasteiger partial charge < -0.3 is 10.2 Å². The molecule has 0 aliphatic heterocycles. The molecule has 0 unspecified atom stereocenters. The molecular formula is C20H28O2. The second kappa shape index (κ2) is 4.15. The van der Waals surface area contributed by atoms with Gasteiger partial charge in [-0.05, 0) is 73.0 Å². The summed E-state index contributed by atoms with van der Waals surface area (Å²) in [6.45, 7) is 10.8. The van der Waals surface area contributed by atoms with Crippen molar-refractivity contribution in [1.82, 2.24) is 0 Å². The van der Waals surface area contributed by atoms with Gasteiger partial charge in [0.1, 0.15) is 0 Å². The highest BCUT2D eigenvalue weighted by Crippen LogP contribution is 2.64. The molecule has 0 aromatic rings. The maximum Gasteiger partial charge on any atom is 0.0672 e. The monoisotopic (exact) mass is 300 g/mol. The minimum absolute atomic E-state index is 0.0782. The second-order valence-corrected chi connectivity index (χ2v) is 8.99. The summed E-state index contributed by atoms with van der Waals surface area (Å²) in [4.78, 5) is 0. The van der Waals surface area contributed by atoms with Crippen molar-refractivity contribution >= 4 is 0 Å². The van der Waals surface area contributed by atoms with E-state index in [-0.39, 0.29) is 16.9 Å². The van der Waals surface area contributed by atoms with Crippen LogP contribution in [0.15, 0.2) is 35.5 Å². The topological polar surface area (TPSA) is 40.5 Å². The molecular weight excluding hydrogens is 272 g/mol. The van der Waals surface area contributed by atoms with Crippen molar-refractivity contribution in [2.75, 3.05) is 0 Å². The van der Waals surface area contributed by atoms with Crippen LogP contribution in [0.5, 0.6) is 0 Å². The number of allylic oxidation sites excluding steroid dienone is 3. The van der Waals surface area contributed by atoms with Gasteiger partial charge in [0, 0.05) is 5.41 Å². The average molecular weight is 300 g/mol. The van der Waals surface area contributed by atoms with E-state index in [9.17, 15) is 10.2 Å². The van der Waals surface area contributed by atoms with Gasteiger partial charge in [-0.1, -0.05) is 32.6 Å². The first-order chi connectivity index (χ1) is 10.2. The first-order valence-electron chi connectivity index (χ1n) is 8.70. The molecule has 2 bridgehead atoms. The predicted octanol–water partition coefficient (Wildman–Crippen LogP) is 3.76. The Balaban J connectivity index is 1.81. The van der Waals surface area contributed by atoms with Gasteiger partial charge in [-0.3, -0.25) is 0 Å². The maximum atomic E-state index is 10.8. The zero-order valence-electron chi connectivity index (χ0n) is 14.0. The molecule has 0 radical (unpaired) electrons. The van der Waals surface area contributed by atoms with Crippen molar-refractivity contribution in [3.8, 4) is 0 Å². The molecule has 4 aliphatic rings. The Hall–Kier alpha value is -0.860. The van der Waals surface area contributed by atoms with Gasteiger partial charge in [0.15, 0.2) is 0 Å². The van der Waals surface area contributed by atoms with Crippen LogP contribution in [0.1, 0.15) is 52.9 Å². The van der Waals surface area contributed by atoms with E-state index in [0.717, 1.165) is 32.1 Å². The van der Waals surface area contributed by atoms with Gasteiger partial charge in [-0.2, -0.15) is 0 Å². The van der Waals surface area contributed by atoms with Crippen molar-refractivity contribution in [2.45, 2.75) is 64.6 Å². The number of fused-ring (bicyclic) bond motifs is 1. The highest BCUT2D eigenvalue weighted by atomic mass is 16.3. The van der Waals surface area contributed by atoms with Crippen LogP contribution in [0, 0.1) is 22.7 Å². The SMILES string of the molecule is C=C1C2=C(C=C[C@@]34C[C@@H](CC[C@@H]13)[C@](C)(O)C4)C(C)(C)[C@@H](O)C2. The predicted molar refractivity (Wildman–Crippen MR) is 88.2 cm³/mol. The molecule has 0 saturated heterocycles. The molecule has 22 heavy (non-hydrogen) atoms. The molecule has 0 heterocycles. The van der Waals surface area contributed by atoms with E-state index in [1.54, 1.807) is 0 Å². The van der Waals surface area contributed by atoms with E-state index < -0.39 is 5.60 Å². The lowest BCUT2D eigenvalue weighted by atomic mass is 9.64. The van der Waals surface area contributed by atoms with Gasteiger partial charge in [0.25, 0.3) is 0 Å². The van der Waals surface area contributed by atoms with Crippen molar-refractivity contribution in [3.63, 3.8) is 0 Å². The van der Waals surface area contributed by atoms with Crippen molar-refractivity contribution in [2.24, 2.45) is 22.7 Å². The van der Waals surface area contributed by atoms with E-state index in [2.05, 4.69) is 32.6 Å². The zero-order valence-corrected chi connectivity index (χ0v) is 14.0. The lowest BCUT2D eigenvalue weighted by molar-refractivity contribution is 0.0188. The summed E-state index contributed by atoms with van der Waals surface area (Å²) in [5, 5.41) is 21.3. The Kier molecular flexibility index (Phi) is 2.78. The minimum atomic E-state index is -0.539. The number of hydrogen-bond donors (Lipinski definition) is 2. The summed E-state index contributed by atoms with van der Waals surface area (Å²) in [6.07, 6.45) is 9.23. The van der Waals surface area contributed by atoms with Gasteiger partial charge in [0.2, 0.25) is 0 Å². The van der Waals surface area contributed by atoms with Crippen molar-refractivity contribution < 1.29 is 10.2 Å². The molecule has 2 nitrogen and oxygen atoms in total. The van der Waals surface area contributed by atoms with Crippen molar-refractivity contribution in [1.29, 1.82) is 0 Å². The lowest BCUT2D eigenvalue weighted by Gasteiger charge is -2.39. The van der Waals surface area contributed by atoms with Gasteiger partial charge in [-0.15, -0.1) is 0 Å². The van der Waals surface area contributed by atoms with Crippen LogP contribution in [-0.4, -0.2) is 21.9 Å². The molecule has 120 valence electrons. The Bertz CT molecular complexity index is 607. The Morgan fingerprint density at radius 2 is 1.95 bits per heavy atom. The molecule has 4 aliphatic carbocycles. The Morgan fingerprint density at radius 3 is 2.68 bits per heavy atom. The largest absolute Gasteiger partial charge is 0.392 e. The fourth-order valence-corrected chi connectivity index (χ4v) is 5.87. The van der Waals surface area contributed by atoms with E-state index >= 15 is 0 Å². The Morgan fingerprint density at radius 1 is 1.23 bits per heavy atom. The summed E-state index contributed by atoms with van der Waals surface area (Å²) in [5.41, 5.74) is 3.15. The zero-order chi connectivity index (χ0) is 15.9. The first-order valence-corrected chi connectivity index (χ1v) is 8.70. The third-order valence-electron chi connectivity index (χ3n) is 7.33. The van der Waals surface area contributed by atoms with Gasteiger partial charge in [0.05, 0.1) is 11.7 Å². The van der Waals surface area contributed by atoms with Crippen LogP contribution in [0.2, 0.25) is 0 Å². The molecule has 2 N–H and O–H groups in total. The van der Waals surface area contributed by atoms with E-state index in [4.69, 9.17) is 0 Å². The van der Waals surface area contributed by atoms with E-state index in [0.29, 0.717) is 11.8 Å². The fourth-order valence-electron chi connectivity index (χ4n) is 5.87. The summed E-state index contributed by atoms with van der Waals surface area (Å²) in [6, 6.07) is 0. The normalized spacial score (nSPS) is 49.1. The average Bonchev–Trinajstić information content (AvgIpc) is 2.71. The quantitative estimate of drug-likeness (QED) is 0.715. The van der Waals surface area contributed by atoms with E-state index in [1.807, 2.05) is 6.92 Å². The molecule has 2 heteroatoms. The molecule has 0 aromatic carbocycles. The minimum Gasteiger partial charge on any atom is -0.392 e. The first kappa shape index (κ1) is 14.7.